The van der Waals surface area contributed by atoms with Crippen LogP contribution in [0.1, 0.15) is 31.2 Å². The van der Waals surface area contributed by atoms with Crippen molar-refractivity contribution in [1.29, 1.82) is 0 Å². The van der Waals surface area contributed by atoms with E-state index >= 15 is 0 Å². The highest BCUT2D eigenvalue weighted by Gasteiger charge is 2.47. The van der Waals surface area contributed by atoms with E-state index in [0.717, 1.165) is 24.9 Å². The van der Waals surface area contributed by atoms with Crippen molar-refractivity contribution in [2.75, 3.05) is 6.54 Å². The molecule has 16 heavy (non-hydrogen) atoms. The minimum absolute atomic E-state index is 0.267. The third-order valence-corrected chi connectivity index (χ3v) is 4.27. The molecule has 0 bridgehead atoms. The number of hydrogen-bond acceptors (Lipinski definition) is 2. The molecule has 0 radical (unpaired) electrons. The highest BCUT2D eigenvalue weighted by molar-refractivity contribution is 5.26. The molecule has 2 nitrogen and oxygen atoms in total. The lowest BCUT2D eigenvalue weighted by Crippen LogP contribution is -2.50. The Bertz CT molecular complexity index is 364. The van der Waals surface area contributed by atoms with E-state index in [4.69, 9.17) is 0 Å². The summed E-state index contributed by atoms with van der Waals surface area (Å²) in [5.74, 6) is 0.666. The van der Waals surface area contributed by atoms with E-state index in [2.05, 4.69) is 17.4 Å². The molecule has 0 spiro atoms. The summed E-state index contributed by atoms with van der Waals surface area (Å²) < 4.78 is 0. The molecule has 2 aliphatic rings. The van der Waals surface area contributed by atoms with Gasteiger partial charge in [0.15, 0.2) is 0 Å². The molecular formula is C14H19NO. The topological polar surface area (TPSA) is 32.3 Å². The number of rotatable bonds is 1. The second-order valence-corrected chi connectivity index (χ2v) is 5.16. The molecule has 1 aromatic rings. The maximum absolute atomic E-state index is 11.0. The fourth-order valence-electron chi connectivity index (χ4n) is 3.47. The van der Waals surface area contributed by atoms with Gasteiger partial charge in [-0.25, -0.2) is 0 Å². The number of nitrogens with one attached hydrogen (secondary N) is 1. The number of fused-ring (bicyclic) bond motifs is 1. The lowest BCUT2D eigenvalue weighted by molar-refractivity contribution is -0.0418. The van der Waals surface area contributed by atoms with E-state index in [-0.39, 0.29) is 6.04 Å². The van der Waals surface area contributed by atoms with Gasteiger partial charge in [-0.2, -0.15) is 0 Å². The first-order valence-corrected chi connectivity index (χ1v) is 6.32. The second-order valence-electron chi connectivity index (χ2n) is 5.16. The zero-order chi connectivity index (χ0) is 11.0. The predicted octanol–water partition coefficient (Wildman–Crippen LogP) is 2.04. The monoisotopic (exact) mass is 217 g/mol. The Balaban J connectivity index is 1.96. The van der Waals surface area contributed by atoms with E-state index in [9.17, 15) is 5.11 Å². The zero-order valence-corrected chi connectivity index (χ0v) is 9.52. The Morgan fingerprint density at radius 3 is 2.81 bits per heavy atom. The van der Waals surface area contributed by atoms with Crippen LogP contribution in [-0.2, 0) is 5.60 Å². The largest absolute Gasteiger partial charge is 0.384 e. The van der Waals surface area contributed by atoms with Gasteiger partial charge < -0.3 is 10.4 Å². The summed E-state index contributed by atoms with van der Waals surface area (Å²) in [7, 11) is 0. The quantitative estimate of drug-likeness (QED) is 0.754. The molecule has 86 valence electrons. The van der Waals surface area contributed by atoms with E-state index < -0.39 is 5.60 Å². The molecule has 0 unspecified atom stereocenters. The summed E-state index contributed by atoms with van der Waals surface area (Å²) >= 11 is 0. The van der Waals surface area contributed by atoms with Gasteiger partial charge in [-0.15, -0.1) is 0 Å². The van der Waals surface area contributed by atoms with E-state index in [1.807, 2.05) is 18.2 Å². The highest BCUT2D eigenvalue weighted by atomic mass is 16.3. The minimum Gasteiger partial charge on any atom is -0.384 e. The standard InChI is InChI=1S/C14H19NO/c16-14(12-6-2-1-3-7-12)9-4-5-11-8-10-15-13(11)14/h1-3,6-7,11,13,15-16H,4-5,8-10H2/t11-,13+,14+/m1/s1. The summed E-state index contributed by atoms with van der Waals surface area (Å²) in [6.07, 6.45) is 4.53. The second kappa shape index (κ2) is 3.86. The molecule has 0 aromatic heterocycles. The summed E-state index contributed by atoms with van der Waals surface area (Å²) in [6.45, 7) is 1.06. The third-order valence-electron chi connectivity index (χ3n) is 4.27. The molecule has 1 heterocycles. The molecule has 2 heteroatoms. The Kier molecular flexibility index (Phi) is 2.49. The number of aliphatic hydroxyl groups is 1. The predicted molar refractivity (Wildman–Crippen MR) is 64.1 cm³/mol. The molecule has 2 N–H and O–H groups in total. The fourth-order valence-corrected chi connectivity index (χ4v) is 3.47. The van der Waals surface area contributed by atoms with Gasteiger partial charge in [-0.05, 0) is 43.7 Å². The first-order valence-electron chi connectivity index (χ1n) is 6.32. The number of benzene rings is 1. The molecule has 1 saturated heterocycles. The fraction of sp³-hybridized carbons (Fsp3) is 0.571. The average Bonchev–Trinajstić information content (AvgIpc) is 2.80. The average molecular weight is 217 g/mol. The Labute approximate surface area is 96.7 Å². The molecule has 2 fully saturated rings. The smallest absolute Gasteiger partial charge is 0.105 e. The molecule has 1 saturated carbocycles. The van der Waals surface area contributed by atoms with Crippen LogP contribution in [0.3, 0.4) is 0 Å². The van der Waals surface area contributed by atoms with Crippen LogP contribution in [0.5, 0.6) is 0 Å². The molecule has 3 rings (SSSR count). The van der Waals surface area contributed by atoms with Crippen LogP contribution >= 0.6 is 0 Å². The summed E-state index contributed by atoms with van der Waals surface area (Å²) in [5, 5.41) is 14.4. The highest BCUT2D eigenvalue weighted by Crippen LogP contribution is 2.43. The van der Waals surface area contributed by atoms with Gasteiger partial charge >= 0.3 is 0 Å². The van der Waals surface area contributed by atoms with Crippen LogP contribution in [0.4, 0.5) is 0 Å². The van der Waals surface area contributed by atoms with E-state index in [0.29, 0.717) is 5.92 Å². The first kappa shape index (κ1) is 10.3. The van der Waals surface area contributed by atoms with Crippen LogP contribution in [0.2, 0.25) is 0 Å². The summed E-state index contributed by atoms with van der Waals surface area (Å²) in [5.41, 5.74) is 0.444. The van der Waals surface area contributed by atoms with Crippen LogP contribution in [0.25, 0.3) is 0 Å². The normalized spacial score (nSPS) is 38.3. The maximum atomic E-state index is 11.0. The Morgan fingerprint density at radius 1 is 1.19 bits per heavy atom. The van der Waals surface area contributed by atoms with Gasteiger partial charge in [-0.3, -0.25) is 0 Å². The maximum Gasteiger partial charge on any atom is 0.105 e. The molecule has 1 aliphatic heterocycles. The van der Waals surface area contributed by atoms with Gasteiger partial charge in [0, 0.05) is 6.04 Å². The molecule has 1 aliphatic carbocycles. The van der Waals surface area contributed by atoms with Crippen LogP contribution in [0.15, 0.2) is 30.3 Å². The van der Waals surface area contributed by atoms with Gasteiger partial charge in [-0.1, -0.05) is 30.3 Å². The van der Waals surface area contributed by atoms with Crippen LogP contribution in [-0.4, -0.2) is 17.7 Å². The van der Waals surface area contributed by atoms with Crippen molar-refractivity contribution in [3.8, 4) is 0 Å². The van der Waals surface area contributed by atoms with Gasteiger partial charge in [0.2, 0.25) is 0 Å². The van der Waals surface area contributed by atoms with Crippen LogP contribution in [0, 0.1) is 5.92 Å². The van der Waals surface area contributed by atoms with Crippen molar-refractivity contribution >= 4 is 0 Å². The molecular weight excluding hydrogens is 198 g/mol. The summed E-state index contributed by atoms with van der Waals surface area (Å²) in [4.78, 5) is 0. The third kappa shape index (κ3) is 1.48. The Morgan fingerprint density at radius 2 is 2.00 bits per heavy atom. The molecule has 0 amide bonds. The van der Waals surface area contributed by atoms with Crippen molar-refractivity contribution in [2.45, 2.75) is 37.3 Å². The van der Waals surface area contributed by atoms with Crippen molar-refractivity contribution in [1.82, 2.24) is 5.32 Å². The molecule has 1 aromatic carbocycles. The van der Waals surface area contributed by atoms with Crippen LogP contribution < -0.4 is 5.32 Å². The lowest BCUT2D eigenvalue weighted by Gasteiger charge is -2.42. The zero-order valence-electron chi connectivity index (χ0n) is 9.52. The molecule has 3 atom stereocenters. The first-order chi connectivity index (χ1) is 7.81. The summed E-state index contributed by atoms with van der Waals surface area (Å²) in [6, 6.07) is 10.4. The van der Waals surface area contributed by atoms with Gasteiger partial charge in [0.25, 0.3) is 0 Å². The van der Waals surface area contributed by atoms with E-state index in [1.165, 1.54) is 12.8 Å². The number of hydrogen-bond donors (Lipinski definition) is 2. The minimum atomic E-state index is -0.638. The van der Waals surface area contributed by atoms with Crippen molar-refractivity contribution in [3.05, 3.63) is 35.9 Å². The van der Waals surface area contributed by atoms with E-state index in [1.54, 1.807) is 0 Å². The van der Waals surface area contributed by atoms with Gasteiger partial charge in [0.1, 0.15) is 5.60 Å². The Hall–Kier alpha value is -0.860. The van der Waals surface area contributed by atoms with Crippen molar-refractivity contribution < 1.29 is 5.11 Å². The SMILES string of the molecule is O[C@]1(c2ccccc2)CCC[C@@H]2CCN[C@@H]21. The van der Waals surface area contributed by atoms with Crippen molar-refractivity contribution in [3.63, 3.8) is 0 Å². The van der Waals surface area contributed by atoms with Gasteiger partial charge in [0.05, 0.1) is 0 Å². The van der Waals surface area contributed by atoms with Crippen molar-refractivity contribution in [2.24, 2.45) is 5.92 Å². The lowest BCUT2D eigenvalue weighted by atomic mass is 9.71.